The van der Waals surface area contributed by atoms with E-state index in [-0.39, 0.29) is 5.41 Å². The molecule has 0 bridgehead atoms. The van der Waals surface area contributed by atoms with Gasteiger partial charge in [-0.25, -0.2) is 0 Å². The summed E-state index contributed by atoms with van der Waals surface area (Å²) >= 11 is 18.2. The van der Waals surface area contributed by atoms with E-state index in [0.29, 0.717) is 10.0 Å². The molecular formula is C14H17Cl3. The molecule has 0 unspecified atom stereocenters. The summed E-state index contributed by atoms with van der Waals surface area (Å²) < 4.78 is 0. The van der Waals surface area contributed by atoms with Gasteiger partial charge in [-0.3, -0.25) is 0 Å². The van der Waals surface area contributed by atoms with Crippen LogP contribution in [0.3, 0.4) is 0 Å². The SMILES string of the molecule is ClCC1(Cc2ccc(Cl)c(Cl)c2)CCCCC1. The topological polar surface area (TPSA) is 0 Å². The molecule has 1 aromatic carbocycles. The van der Waals surface area contributed by atoms with E-state index in [4.69, 9.17) is 34.8 Å². The van der Waals surface area contributed by atoms with Gasteiger partial charge in [-0.05, 0) is 42.4 Å². The van der Waals surface area contributed by atoms with Crippen molar-refractivity contribution in [2.75, 3.05) is 5.88 Å². The standard InChI is InChI=1S/C14H17Cl3/c15-10-14(6-2-1-3-7-14)9-11-4-5-12(16)13(17)8-11/h4-5,8H,1-3,6-7,9-10H2. The fraction of sp³-hybridized carbons (Fsp3) is 0.571. The van der Waals surface area contributed by atoms with Crippen LogP contribution in [0.15, 0.2) is 18.2 Å². The molecule has 0 radical (unpaired) electrons. The Morgan fingerprint density at radius 2 is 1.71 bits per heavy atom. The molecule has 2 rings (SSSR count). The first-order valence-corrected chi connectivity index (χ1v) is 7.44. The number of rotatable bonds is 3. The Balaban J connectivity index is 2.14. The van der Waals surface area contributed by atoms with Crippen LogP contribution < -0.4 is 0 Å². The summed E-state index contributed by atoms with van der Waals surface area (Å²) in [6.07, 6.45) is 7.43. The predicted octanol–water partition coefficient (Wildman–Crippen LogP) is 5.73. The Labute approximate surface area is 118 Å². The van der Waals surface area contributed by atoms with Gasteiger partial charge in [0, 0.05) is 5.88 Å². The van der Waals surface area contributed by atoms with Gasteiger partial charge in [0.2, 0.25) is 0 Å². The molecule has 0 amide bonds. The Hall–Kier alpha value is 0.0900. The molecule has 1 aliphatic carbocycles. The first-order chi connectivity index (χ1) is 8.15. The molecule has 0 heterocycles. The molecule has 0 atom stereocenters. The van der Waals surface area contributed by atoms with Crippen LogP contribution in [0.4, 0.5) is 0 Å². The molecule has 1 aliphatic rings. The van der Waals surface area contributed by atoms with Crippen molar-refractivity contribution in [3.63, 3.8) is 0 Å². The third-order valence-corrected chi connectivity index (χ3v) is 5.07. The maximum atomic E-state index is 6.20. The van der Waals surface area contributed by atoms with Crippen LogP contribution in [-0.2, 0) is 6.42 Å². The van der Waals surface area contributed by atoms with E-state index < -0.39 is 0 Å². The van der Waals surface area contributed by atoms with Crippen molar-refractivity contribution in [1.29, 1.82) is 0 Å². The number of halogens is 3. The lowest BCUT2D eigenvalue weighted by Gasteiger charge is -2.35. The van der Waals surface area contributed by atoms with Crippen LogP contribution in [0.2, 0.25) is 10.0 Å². The quantitative estimate of drug-likeness (QED) is 0.624. The molecule has 0 aliphatic heterocycles. The fourth-order valence-corrected chi connectivity index (χ4v) is 3.42. The largest absolute Gasteiger partial charge is 0.126 e. The zero-order valence-electron chi connectivity index (χ0n) is 9.82. The van der Waals surface area contributed by atoms with E-state index in [0.717, 1.165) is 12.3 Å². The predicted molar refractivity (Wildman–Crippen MR) is 76.4 cm³/mol. The van der Waals surface area contributed by atoms with E-state index in [1.165, 1.54) is 37.7 Å². The number of alkyl halides is 1. The molecule has 1 saturated carbocycles. The van der Waals surface area contributed by atoms with Crippen molar-refractivity contribution in [2.24, 2.45) is 5.41 Å². The van der Waals surface area contributed by atoms with Crippen LogP contribution in [0.25, 0.3) is 0 Å². The molecule has 17 heavy (non-hydrogen) atoms. The third kappa shape index (κ3) is 3.30. The molecule has 1 fully saturated rings. The molecule has 0 aromatic heterocycles. The summed E-state index contributed by atoms with van der Waals surface area (Å²) in [4.78, 5) is 0. The summed E-state index contributed by atoms with van der Waals surface area (Å²) in [5, 5.41) is 1.27. The van der Waals surface area contributed by atoms with Gasteiger partial charge in [0.25, 0.3) is 0 Å². The molecular weight excluding hydrogens is 275 g/mol. The molecule has 3 heteroatoms. The second-order valence-electron chi connectivity index (χ2n) is 5.12. The summed E-state index contributed by atoms with van der Waals surface area (Å²) in [6.45, 7) is 0. The van der Waals surface area contributed by atoms with Gasteiger partial charge in [0.1, 0.15) is 0 Å². The van der Waals surface area contributed by atoms with Crippen LogP contribution in [0, 0.1) is 5.41 Å². The van der Waals surface area contributed by atoms with Crippen molar-refractivity contribution in [3.8, 4) is 0 Å². The van der Waals surface area contributed by atoms with Crippen LogP contribution in [0.5, 0.6) is 0 Å². The third-order valence-electron chi connectivity index (χ3n) is 3.76. The summed E-state index contributed by atoms with van der Waals surface area (Å²) in [7, 11) is 0. The summed E-state index contributed by atoms with van der Waals surface area (Å²) in [5.41, 5.74) is 1.53. The molecule has 0 saturated heterocycles. The highest BCUT2D eigenvalue weighted by atomic mass is 35.5. The zero-order chi connectivity index (χ0) is 12.3. The van der Waals surface area contributed by atoms with Crippen molar-refractivity contribution in [3.05, 3.63) is 33.8 Å². The Morgan fingerprint density at radius 3 is 2.29 bits per heavy atom. The Morgan fingerprint density at radius 1 is 1.00 bits per heavy atom. The van der Waals surface area contributed by atoms with Crippen molar-refractivity contribution >= 4 is 34.8 Å². The van der Waals surface area contributed by atoms with E-state index in [2.05, 4.69) is 6.07 Å². The lowest BCUT2D eigenvalue weighted by molar-refractivity contribution is 0.219. The van der Waals surface area contributed by atoms with Crippen molar-refractivity contribution < 1.29 is 0 Å². The van der Waals surface area contributed by atoms with E-state index in [1.807, 2.05) is 12.1 Å². The van der Waals surface area contributed by atoms with Crippen molar-refractivity contribution in [1.82, 2.24) is 0 Å². The minimum Gasteiger partial charge on any atom is -0.126 e. The van der Waals surface area contributed by atoms with Gasteiger partial charge in [-0.1, -0.05) is 48.5 Å². The normalized spacial score (nSPS) is 19.2. The van der Waals surface area contributed by atoms with Crippen LogP contribution in [-0.4, -0.2) is 5.88 Å². The average Bonchev–Trinajstić information content (AvgIpc) is 2.35. The second kappa shape index (κ2) is 5.82. The second-order valence-corrected chi connectivity index (χ2v) is 6.20. The Kier molecular flexibility index (Phi) is 4.63. The molecule has 0 N–H and O–H groups in total. The van der Waals surface area contributed by atoms with Gasteiger partial charge in [-0.2, -0.15) is 0 Å². The molecule has 0 spiro atoms. The fourth-order valence-electron chi connectivity index (χ4n) is 2.74. The van der Waals surface area contributed by atoms with Gasteiger partial charge < -0.3 is 0 Å². The van der Waals surface area contributed by atoms with E-state index in [1.54, 1.807) is 0 Å². The van der Waals surface area contributed by atoms with Gasteiger partial charge >= 0.3 is 0 Å². The lowest BCUT2D eigenvalue weighted by Crippen LogP contribution is -2.28. The molecule has 0 nitrogen and oxygen atoms in total. The maximum Gasteiger partial charge on any atom is 0.0595 e. The van der Waals surface area contributed by atoms with E-state index in [9.17, 15) is 0 Å². The van der Waals surface area contributed by atoms with Crippen LogP contribution in [0.1, 0.15) is 37.7 Å². The van der Waals surface area contributed by atoms with Gasteiger partial charge in [0.15, 0.2) is 0 Å². The smallest absolute Gasteiger partial charge is 0.0595 e. The van der Waals surface area contributed by atoms with Gasteiger partial charge in [-0.15, -0.1) is 11.6 Å². The summed E-state index contributed by atoms with van der Waals surface area (Å²) in [5.74, 6) is 0.743. The zero-order valence-corrected chi connectivity index (χ0v) is 12.1. The first kappa shape index (κ1) is 13.5. The number of benzene rings is 1. The monoisotopic (exact) mass is 290 g/mol. The first-order valence-electron chi connectivity index (χ1n) is 6.15. The number of hydrogen-bond donors (Lipinski definition) is 0. The highest BCUT2D eigenvalue weighted by molar-refractivity contribution is 6.42. The number of hydrogen-bond acceptors (Lipinski definition) is 0. The molecule has 1 aromatic rings. The highest BCUT2D eigenvalue weighted by Gasteiger charge is 2.31. The highest BCUT2D eigenvalue weighted by Crippen LogP contribution is 2.40. The molecule has 94 valence electrons. The van der Waals surface area contributed by atoms with Crippen molar-refractivity contribution in [2.45, 2.75) is 38.5 Å². The Bertz CT molecular complexity index is 381. The summed E-state index contributed by atoms with van der Waals surface area (Å²) in [6, 6.07) is 5.92. The van der Waals surface area contributed by atoms with E-state index >= 15 is 0 Å². The minimum atomic E-state index is 0.275. The maximum absolute atomic E-state index is 6.20. The average molecular weight is 292 g/mol. The lowest BCUT2D eigenvalue weighted by atomic mass is 9.72. The minimum absolute atomic E-state index is 0.275. The van der Waals surface area contributed by atoms with Gasteiger partial charge in [0.05, 0.1) is 10.0 Å². The van der Waals surface area contributed by atoms with Crippen LogP contribution >= 0.6 is 34.8 Å².